The minimum absolute atomic E-state index is 0.152. The Morgan fingerprint density at radius 1 is 1.60 bits per heavy atom. The van der Waals surface area contributed by atoms with E-state index in [9.17, 15) is 8.42 Å². The monoisotopic (exact) mass is 246 g/mol. The van der Waals surface area contributed by atoms with Crippen LogP contribution >= 0.6 is 11.3 Å². The van der Waals surface area contributed by atoms with Crippen LogP contribution in [-0.4, -0.2) is 14.5 Å². The summed E-state index contributed by atoms with van der Waals surface area (Å²) >= 11 is 1.26. The van der Waals surface area contributed by atoms with E-state index in [1.807, 2.05) is 6.92 Å². The molecule has 1 aromatic rings. The molecule has 1 saturated carbocycles. The molecule has 1 fully saturated rings. The number of rotatable bonds is 4. The van der Waals surface area contributed by atoms with E-state index in [1.165, 1.54) is 11.3 Å². The molecule has 0 spiro atoms. The van der Waals surface area contributed by atoms with Gasteiger partial charge >= 0.3 is 0 Å². The molecule has 0 unspecified atom stereocenters. The predicted molar refractivity (Wildman–Crippen MR) is 60.3 cm³/mol. The first-order chi connectivity index (χ1) is 7.03. The van der Waals surface area contributed by atoms with E-state index >= 15 is 0 Å². The van der Waals surface area contributed by atoms with Crippen LogP contribution in [0.4, 0.5) is 0 Å². The molecule has 1 aromatic heterocycles. The highest BCUT2D eigenvalue weighted by atomic mass is 32.2. The molecule has 3 N–H and O–H groups in total. The Kier molecular flexibility index (Phi) is 2.85. The number of nitrogens with two attached hydrogens (primary N) is 1. The van der Waals surface area contributed by atoms with Crippen molar-refractivity contribution in [1.82, 2.24) is 4.72 Å². The quantitative estimate of drug-likeness (QED) is 0.831. The summed E-state index contributed by atoms with van der Waals surface area (Å²) in [5.41, 5.74) is 6.47. The number of sulfonamides is 1. The molecular formula is C9H14N2O2S2. The van der Waals surface area contributed by atoms with Crippen LogP contribution in [-0.2, 0) is 16.6 Å². The first-order valence-corrected chi connectivity index (χ1v) is 7.14. The Hall–Kier alpha value is -0.430. The van der Waals surface area contributed by atoms with Gasteiger partial charge in [-0.1, -0.05) is 0 Å². The fourth-order valence-electron chi connectivity index (χ4n) is 1.30. The van der Waals surface area contributed by atoms with Crippen LogP contribution in [0.1, 0.15) is 23.3 Å². The summed E-state index contributed by atoms with van der Waals surface area (Å²) in [5.74, 6) is 0. The molecule has 1 aliphatic rings. The number of hydrogen-bond acceptors (Lipinski definition) is 4. The Morgan fingerprint density at radius 2 is 2.27 bits per heavy atom. The van der Waals surface area contributed by atoms with Crippen molar-refractivity contribution in [2.45, 2.75) is 36.6 Å². The van der Waals surface area contributed by atoms with Gasteiger partial charge in [-0.25, -0.2) is 13.1 Å². The maximum absolute atomic E-state index is 11.8. The van der Waals surface area contributed by atoms with Gasteiger partial charge in [0, 0.05) is 17.5 Å². The maximum Gasteiger partial charge on any atom is 0.250 e. The van der Waals surface area contributed by atoms with Crippen molar-refractivity contribution in [3.63, 3.8) is 0 Å². The third-order valence-electron chi connectivity index (χ3n) is 2.35. The molecule has 2 rings (SSSR count). The van der Waals surface area contributed by atoms with Gasteiger partial charge in [-0.3, -0.25) is 0 Å². The molecule has 0 bridgehead atoms. The van der Waals surface area contributed by atoms with Crippen LogP contribution in [0.25, 0.3) is 0 Å². The number of thiophene rings is 1. The summed E-state index contributed by atoms with van der Waals surface area (Å²) in [6, 6.07) is 1.84. The largest absolute Gasteiger partial charge is 0.326 e. The second-order valence-corrected chi connectivity index (χ2v) is 6.85. The van der Waals surface area contributed by atoms with Gasteiger partial charge in [-0.15, -0.1) is 11.3 Å². The van der Waals surface area contributed by atoms with Gasteiger partial charge in [0.15, 0.2) is 0 Å². The minimum Gasteiger partial charge on any atom is -0.326 e. The summed E-state index contributed by atoms with van der Waals surface area (Å²) in [7, 11) is -3.30. The smallest absolute Gasteiger partial charge is 0.250 e. The average molecular weight is 246 g/mol. The van der Waals surface area contributed by atoms with Crippen molar-refractivity contribution in [2.24, 2.45) is 5.73 Å². The van der Waals surface area contributed by atoms with Crippen molar-refractivity contribution in [1.29, 1.82) is 0 Å². The molecule has 0 saturated heterocycles. The van der Waals surface area contributed by atoms with Crippen molar-refractivity contribution >= 4 is 21.4 Å². The lowest BCUT2D eigenvalue weighted by molar-refractivity contribution is 0.583. The zero-order chi connectivity index (χ0) is 11.1. The zero-order valence-electron chi connectivity index (χ0n) is 8.49. The van der Waals surface area contributed by atoms with Crippen molar-refractivity contribution < 1.29 is 8.42 Å². The fourth-order valence-corrected chi connectivity index (χ4v) is 4.09. The first kappa shape index (κ1) is 11.1. The molecule has 6 heteroatoms. The lowest BCUT2D eigenvalue weighted by atomic mass is 10.3. The zero-order valence-corrected chi connectivity index (χ0v) is 10.1. The third kappa shape index (κ3) is 2.39. The Bertz CT molecular complexity index is 460. The van der Waals surface area contributed by atoms with Crippen LogP contribution in [0.15, 0.2) is 10.3 Å². The molecule has 84 valence electrons. The topological polar surface area (TPSA) is 72.2 Å². The number of aryl methyl sites for hydroxylation is 1. The van der Waals surface area contributed by atoms with Crippen molar-refractivity contribution in [2.75, 3.05) is 0 Å². The van der Waals surface area contributed by atoms with Gasteiger partial charge in [0.1, 0.15) is 4.21 Å². The molecule has 0 amide bonds. The summed E-state index contributed by atoms with van der Waals surface area (Å²) in [5, 5.41) is 0. The predicted octanol–water partition coefficient (Wildman–Crippen LogP) is 0.956. The van der Waals surface area contributed by atoms with E-state index in [0.717, 1.165) is 23.3 Å². The van der Waals surface area contributed by atoms with Crippen LogP contribution < -0.4 is 10.5 Å². The van der Waals surface area contributed by atoms with Gasteiger partial charge in [0.2, 0.25) is 10.0 Å². The van der Waals surface area contributed by atoms with Crippen LogP contribution in [0.5, 0.6) is 0 Å². The first-order valence-electron chi connectivity index (χ1n) is 4.84. The van der Waals surface area contributed by atoms with Crippen LogP contribution in [0, 0.1) is 6.92 Å². The lowest BCUT2D eigenvalue weighted by Crippen LogP contribution is -2.24. The van der Waals surface area contributed by atoms with E-state index < -0.39 is 10.0 Å². The summed E-state index contributed by atoms with van der Waals surface area (Å²) in [4.78, 5) is 0.936. The number of nitrogens with one attached hydrogen (secondary N) is 1. The van der Waals surface area contributed by atoms with Gasteiger partial charge < -0.3 is 5.73 Å². The van der Waals surface area contributed by atoms with Crippen LogP contribution in [0.3, 0.4) is 0 Å². The number of hydrogen-bond donors (Lipinski definition) is 2. The highest BCUT2D eigenvalue weighted by molar-refractivity contribution is 7.91. The normalized spacial score (nSPS) is 16.9. The Balaban J connectivity index is 2.27. The molecule has 1 aliphatic carbocycles. The minimum atomic E-state index is -3.30. The molecule has 0 radical (unpaired) electrons. The van der Waals surface area contributed by atoms with E-state index in [1.54, 1.807) is 6.07 Å². The Labute approximate surface area is 93.5 Å². The van der Waals surface area contributed by atoms with E-state index in [0.29, 0.717) is 10.8 Å². The van der Waals surface area contributed by atoms with Crippen molar-refractivity contribution in [3.8, 4) is 0 Å². The SMILES string of the molecule is Cc1cc(S(=O)(=O)NC2CC2)sc1CN. The maximum atomic E-state index is 11.8. The van der Waals surface area contributed by atoms with Crippen molar-refractivity contribution in [3.05, 3.63) is 16.5 Å². The van der Waals surface area contributed by atoms with E-state index in [2.05, 4.69) is 4.72 Å². The lowest BCUT2D eigenvalue weighted by Gasteiger charge is -2.01. The van der Waals surface area contributed by atoms with Gasteiger partial charge in [0.05, 0.1) is 0 Å². The molecule has 15 heavy (non-hydrogen) atoms. The average Bonchev–Trinajstić information content (AvgIpc) is 2.86. The van der Waals surface area contributed by atoms with Crippen LogP contribution in [0.2, 0.25) is 0 Å². The highest BCUT2D eigenvalue weighted by Gasteiger charge is 2.29. The van der Waals surface area contributed by atoms with Gasteiger partial charge in [0.25, 0.3) is 0 Å². The molecule has 0 aromatic carbocycles. The van der Waals surface area contributed by atoms with Gasteiger partial charge in [-0.05, 0) is 31.4 Å². The highest BCUT2D eigenvalue weighted by Crippen LogP contribution is 2.28. The molecule has 4 nitrogen and oxygen atoms in total. The summed E-state index contributed by atoms with van der Waals surface area (Å²) < 4.78 is 26.7. The Morgan fingerprint density at radius 3 is 2.73 bits per heavy atom. The second kappa shape index (κ2) is 3.86. The molecule has 1 heterocycles. The van der Waals surface area contributed by atoms with E-state index in [-0.39, 0.29) is 6.04 Å². The third-order valence-corrected chi connectivity index (χ3v) is 5.60. The summed E-state index contributed by atoms with van der Waals surface area (Å²) in [6.45, 7) is 2.28. The standard InChI is InChI=1S/C9H14N2O2S2/c1-6-4-9(14-8(6)5-10)15(12,13)11-7-2-3-7/h4,7,11H,2-3,5,10H2,1H3. The van der Waals surface area contributed by atoms with E-state index in [4.69, 9.17) is 5.73 Å². The summed E-state index contributed by atoms with van der Waals surface area (Å²) in [6.07, 6.45) is 1.90. The molecule has 0 atom stereocenters. The molecule has 0 aliphatic heterocycles. The molecular weight excluding hydrogens is 232 g/mol. The second-order valence-electron chi connectivity index (χ2n) is 3.77. The fraction of sp³-hybridized carbons (Fsp3) is 0.556. The van der Waals surface area contributed by atoms with Gasteiger partial charge in [-0.2, -0.15) is 0 Å².